The predicted octanol–water partition coefficient (Wildman–Crippen LogP) is 2.63. The van der Waals surface area contributed by atoms with Gasteiger partial charge in [0.15, 0.2) is 5.82 Å². The van der Waals surface area contributed by atoms with Crippen LogP contribution in [0.25, 0.3) is 10.9 Å². The molecule has 3 nitrogen and oxygen atoms in total. The molecule has 1 heterocycles. The molecule has 2 rings (SSSR count). The summed E-state index contributed by atoms with van der Waals surface area (Å²) in [6.45, 7) is 0. The third-order valence-electron chi connectivity index (χ3n) is 2.27. The molecule has 0 N–H and O–H groups in total. The molecule has 0 aliphatic carbocycles. The summed E-state index contributed by atoms with van der Waals surface area (Å²) >= 11 is 3.21. The first-order chi connectivity index (χ1) is 7.50. The highest BCUT2D eigenvalue weighted by molar-refractivity contribution is 9.10. The van der Waals surface area contributed by atoms with Gasteiger partial charge in [0, 0.05) is 11.5 Å². The van der Waals surface area contributed by atoms with Crippen molar-refractivity contribution in [2.75, 3.05) is 0 Å². The number of nitrogens with zero attached hydrogens (tertiary/aromatic N) is 2. The van der Waals surface area contributed by atoms with Crippen LogP contribution in [0.3, 0.4) is 0 Å². The monoisotopic (exact) mass is 288 g/mol. The molecule has 0 radical (unpaired) electrons. The largest absolute Gasteiger partial charge is 0.295 e. The lowest BCUT2D eigenvalue weighted by molar-refractivity contribution is 0.135. The van der Waals surface area contributed by atoms with Gasteiger partial charge in [-0.05, 0) is 18.2 Å². The van der Waals surface area contributed by atoms with Crippen LogP contribution >= 0.6 is 15.9 Å². The molecular weight excluding hydrogens is 282 g/mol. The van der Waals surface area contributed by atoms with Crippen molar-refractivity contribution in [3.8, 4) is 0 Å². The minimum atomic E-state index is -2.76. The van der Waals surface area contributed by atoms with Crippen LogP contribution in [0.4, 0.5) is 8.78 Å². The molecule has 0 spiro atoms. The maximum Gasteiger partial charge on any atom is 0.295 e. The number of rotatable bonds is 1. The standard InChI is InChI=1S/C10H7BrF2N2O/c1-15-9(8(12)13)14-7-3-2-5(11)4-6(7)10(15)16/h2-4,8H,1H3. The summed E-state index contributed by atoms with van der Waals surface area (Å²) in [6, 6.07) is 4.76. The van der Waals surface area contributed by atoms with Gasteiger partial charge < -0.3 is 0 Å². The lowest BCUT2D eigenvalue weighted by atomic mass is 10.2. The number of halogens is 3. The van der Waals surface area contributed by atoms with Crippen LogP contribution in [0.2, 0.25) is 0 Å². The molecule has 6 heteroatoms. The first kappa shape index (κ1) is 11.2. The molecule has 0 fully saturated rings. The van der Waals surface area contributed by atoms with Crippen molar-refractivity contribution < 1.29 is 8.78 Å². The SMILES string of the molecule is Cn1c(C(F)F)nc2ccc(Br)cc2c1=O. The van der Waals surface area contributed by atoms with E-state index in [4.69, 9.17) is 0 Å². The van der Waals surface area contributed by atoms with Gasteiger partial charge in [-0.2, -0.15) is 0 Å². The van der Waals surface area contributed by atoms with E-state index in [0.717, 1.165) is 4.57 Å². The molecule has 0 bridgehead atoms. The first-order valence-electron chi connectivity index (χ1n) is 4.45. The van der Waals surface area contributed by atoms with Crippen LogP contribution in [0.15, 0.2) is 27.5 Å². The minimum Gasteiger partial charge on any atom is -0.294 e. The van der Waals surface area contributed by atoms with Gasteiger partial charge in [-0.25, -0.2) is 13.8 Å². The average Bonchev–Trinajstić information content (AvgIpc) is 2.23. The van der Waals surface area contributed by atoms with E-state index >= 15 is 0 Å². The van der Waals surface area contributed by atoms with Gasteiger partial charge in [0.1, 0.15) is 0 Å². The summed E-state index contributed by atoms with van der Waals surface area (Å²) in [4.78, 5) is 15.5. The zero-order valence-electron chi connectivity index (χ0n) is 8.25. The Hall–Kier alpha value is -1.30. The van der Waals surface area contributed by atoms with Gasteiger partial charge in [0.05, 0.1) is 10.9 Å². The normalized spacial score (nSPS) is 11.3. The minimum absolute atomic E-state index is 0.279. The van der Waals surface area contributed by atoms with Crippen LogP contribution < -0.4 is 5.56 Å². The first-order valence-corrected chi connectivity index (χ1v) is 5.24. The molecule has 0 amide bonds. The third-order valence-corrected chi connectivity index (χ3v) is 2.76. The second-order valence-electron chi connectivity index (χ2n) is 3.30. The molecule has 16 heavy (non-hydrogen) atoms. The van der Waals surface area contributed by atoms with E-state index in [9.17, 15) is 13.6 Å². The molecule has 0 unspecified atom stereocenters. The zero-order valence-corrected chi connectivity index (χ0v) is 9.83. The van der Waals surface area contributed by atoms with Gasteiger partial charge >= 0.3 is 0 Å². The fourth-order valence-electron chi connectivity index (χ4n) is 1.46. The Morgan fingerprint density at radius 2 is 2.12 bits per heavy atom. The van der Waals surface area contributed by atoms with Gasteiger partial charge in [0.25, 0.3) is 12.0 Å². The van der Waals surface area contributed by atoms with Crippen molar-refractivity contribution in [1.82, 2.24) is 9.55 Å². The Bertz CT molecular complexity index is 610. The lowest BCUT2D eigenvalue weighted by Crippen LogP contribution is -2.22. The van der Waals surface area contributed by atoms with Gasteiger partial charge in [-0.1, -0.05) is 15.9 Å². The maximum absolute atomic E-state index is 12.6. The molecule has 1 aromatic carbocycles. The van der Waals surface area contributed by atoms with E-state index in [2.05, 4.69) is 20.9 Å². The van der Waals surface area contributed by atoms with E-state index < -0.39 is 17.8 Å². The quantitative estimate of drug-likeness (QED) is 0.809. The highest BCUT2D eigenvalue weighted by Crippen LogP contribution is 2.19. The zero-order chi connectivity index (χ0) is 11.9. The van der Waals surface area contributed by atoms with Crippen molar-refractivity contribution in [3.63, 3.8) is 0 Å². The van der Waals surface area contributed by atoms with Crippen molar-refractivity contribution in [2.24, 2.45) is 7.05 Å². The summed E-state index contributed by atoms with van der Waals surface area (Å²) in [7, 11) is 1.29. The maximum atomic E-state index is 12.6. The molecule has 0 aliphatic heterocycles. The number of hydrogen-bond acceptors (Lipinski definition) is 2. The predicted molar refractivity (Wildman–Crippen MR) is 59.6 cm³/mol. The fraction of sp³-hybridized carbons (Fsp3) is 0.200. The Kier molecular flexibility index (Phi) is 2.75. The van der Waals surface area contributed by atoms with Gasteiger partial charge in [0.2, 0.25) is 0 Å². The van der Waals surface area contributed by atoms with Crippen LogP contribution in [0, 0.1) is 0 Å². The van der Waals surface area contributed by atoms with Crippen molar-refractivity contribution in [3.05, 3.63) is 38.9 Å². The average molecular weight is 289 g/mol. The topological polar surface area (TPSA) is 34.9 Å². The molecule has 0 atom stereocenters. The van der Waals surface area contributed by atoms with Crippen molar-refractivity contribution >= 4 is 26.8 Å². The van der Waals surface area contributed by atoms with Crippen molar-refractivity contribution in [1.29, 1.82) is 0 Å². The summed E-state index contributed by atoms with van der Waals surface area (Å²) in [6.07, 6.45) is -2.76. The van der Waals surface area contributed by atoms with E-state index in [-0.39, 0.29) is 5.52 Å². The Balaban J connectivity index is 2.88. The Morgan fingerprint density at radius 3 is 2.75 bits per heavy atom. The molecule has 0 saturated heterocycles. The second-order valence-corrected chi connectivity index (χ2v) is 4.21. The number of fused-ring (bicyclic) bond motifs is 1. The van der Waals surface area contributed by atoms with Crippen molar-refractivity contribution in [2.45, 2.75) is 6.43 Å². The number of benzene rings is 1. The molecule has 0 aliphatic rings. The molecular formula is C10H7BrF2N2O. The molecule has 0 saturated carbocycles. The Labute approximate surface area is 97.9 Å². The van der Waals surface area contributed by atoms with E-state index in [1.165, 1.54) is 13.1 Å². The van der Waals surface area contributed by atoms with Crippen LogP contribution in [0.1, 0.15) is 12.2 Å². The van der Waals surface area contributed by atoms with E-state index in [1.54, 1.807) is 12.1 Å². The number of hydrogen-bond donors (Lipinski definition) is 0. The van der Waals surface area contributed by atoms with Crippen LogP contribution in [0.5, 0.6) is 0 Å². The fourth-order valence-corrected chi connectivity index (χ4v) is 1.82. The highest BCUT2D eigenvalue weighted by atomic mass is 79.9. The van der Waals surface area contributed by atoms with Crippen LogP contribution in [-0.4, -0.2) is 9.55 Å². The van der Waals surface area contributed by atoms with E-state index in [1.807, 2.05) is 0 Å². The summed E-state index contributed by atoms with van der Waals surface area (Å²) in [5, 5.41) is 0.321. The molecule has 1 aromatic heterocycles. The smallest absolute Gasteiger partial charge is 0.294 e. The highest BCUT2D eigenvalue weighted by Gasteiger charge is 2.16. The molecule has 84 valence electrons. The number of aromatic nitrogens is 2. The lowest BCUT2D eigenvalue weighted by Gasteiger charge is -2.07. The van der Waals surface area contributed by atoms with E-state index in [0.29, 0.717) is 9.86 Å². The number of alkyl halides is 2. The van der Waals surface area contributed by atoms with Gasteiger partial charge in [-0.15, -0.1) is 0 Å². The summed E-state index contributed by atoms with van der Waals surface area (Å²) in [5.41, 5.74) is -0.191. The summed E-state index contributed by atoms with van der Waals surface area (Å²) in [5.74, 6) is -0.514. The third kappa shape index (κ3) is 1.73. The molecule has 2 aromatic rings. The second kappa shape index (κ2) is 3.93. The van der Waals surface area contributed by atoms with Crippen LogP contribution in [-0.2, 0) is 7.05 Å². The Morgan fingerprint density at radius 1 is 1.44 bits per heavy atom. The summed E-state index contributed by atoms with van der Waals surface area (Å²) < 4.78 is 26.8. The van der Waals surface area contributed by atoms with Gasteiger partial charge in [-0.3, -0.25) is 9.36 Å².